The number of hydrogen-bond donors (Lipinski definition) is 2. The standard InChI is InChI=1S/C17H17NO2S/c1-12-6-8-13(9-7-12)15(19)10-11-17(20)18-14-4-2-3-5-16(14)21/h2-9,21H,10-11H2,1H3,(H,18,20). The number of ketones is 1. The minimum Gasteiger partial charge on any atom is -0.325 e. The van der Waals surface area contributed by atoms with E-state index in [2.05, 4.69) is 17.9 Å². The van der Waals surface area contributed by atoms with Crippen LogP contribution in [0.4, 0.5) is 5.69 Å². The van der Waals surface area contributed by atoms with Crippen molar-refractivity contribution in [2.75, 3.05) is 5.32 Å². The highest BCUT2D eigenvalue weighted by molar-refractivity contribution is 7.80. The quantitative estimate of drug-likeness (QED) is 0.650. The Bertz CT molecular complexity index is 650. The molecule has 1 amide bonds. The number of benzene rings is 2. The lowest BCUT2D eigenvalue weighted by Crippen LogP contribution is -2.13. The van der Waals surface area contributed by atoms with Crippen molar-refractivity contribution in [1.29, 1.82) is 0 Å². The largest absolute Gasteiger partial charge is 0.325 e. The molecule has 0 spiro atoms. The normalized spacial score (nSPS) is 10.2. The SMILES string of the molecule is Cc1ccc(C(=O)CCC(=O)Nc2ccccc2S)cc1. The van der Waals surface area contributed by atoms with E-state index in [0.717, 1.165) is 5.56 Å². The van der Waals surface area contributed by atoms with Gasteiger partial charge in [-0.15, -0.1) is 12.6 Å². The van der Waals surface area contributed by atoms with Crippen LogP contribution in [0.25, 0.3) is 0 Å². The number of hydrogen-bond acceptors (Lipinski definition) is 3. The van der Waals surface area contributed by atoms with E-state index in [1.165, 1.54) is 0 Å². The van der Waals surface area contributed by atoms with Gasteiger partial charge >= 0.3 is 0 Å². The Hall–Kier alpha value is -2.07. The van der Waals surface area contributed by atoms with Crippen LogP contribution in [0.15, 0.2) is 53.4 Å². The van der Waals surface area contributed by atoms with Crippen molar-refractivity contribution in [2.24, 2.45) is 0 Å². The second-order valence-electron chi connectivity index (χ2n) is 4.85. The first-order valence-electron chi connectivity index (χ1n) is 6.74. The first kappa shape index (κ1) is 15.3. The number of para-hydroxylation sites is 1. The minimum absolute atomic E-state index is 0.0238. The molecule has 2 aromatic carbocycles. The molecule has 2 rings (SSSR count). The zero-order chi connectivity index (χ0) is 15.2. The van der Waals surface area contributed by atoms with E-state index in [0.29, 0.717) is 16.1 Å². The van der Waals surface area contributed by atoms with E-state index in [1.807, 2.05) is 31.2 Å². The Morgan fingerprint density at radius 1 is 1.00 bits per heavy atom. The van der Waals surface area contributed by atoms with E-state index in [9.17, 15) is 9.59 Å². The summed E-state index contributed by atoms with van der Waals surface area (Å²) in [6, 6.07) is 14.6. The van der Waals surface area contributed by atoms with Gasteiger partial charge in [-0.05, 0) is 19.1 Å². The highest BCUT2D eigenvalue weighted by atomic mass is 32.1. The van der Waals surface area contributed by atoms with Gasteiger partial charge in [0.1, 0.15) is 0 Å². The van der Waals surface area contributed by atoms with Gasteiger partial charge in [0.15, 0.2) is 5.78 Å². The lowest BCUT2D eigenvalue weighted by atomic mass is 10.0. The molecule has 4 heteroatoms. The maximum atomic E-state index is 12.0. The number of thiol groups is 1. The summed E-state index contributed by atoms with van der Waals surface area (Å²) >= 11 is 4.27. The van der Waals surface area contributed by atoms with Crippen LogP contribution in [0.2, 0.25) is 0 Å². The van der Waals surface area contributed by atoms with E-state index in [1.54, 1.807) is 24.3 Å². The van der Waals surface area contributed by atoms with Crippen molar-refractivity contribution in [3.63, 3.8) is 0 Å². The van der Waals surface area contributed by atoms with E-state index >= 15 is 0 Å². The van der Waals surface area contributed by atoms with E-state index in [4.69, 9.17) is 0 Å². The van der Waals surface area contributed by atoms with Crippen molar-refractivity contribution < 1.29 is 9.59 Å². The molecule has 0 unspecified atom stereocenters. The maximum Gasteiger partial charge on any atom is 0.224 e. The van der Waals surface area contributed by atoms with Gasteiger partial charge in [0.2, 0.25) is 5.91 Å². The Morgan fingerprint density at radius 3 is 2.33 bits per heavy atom. The van der Waals surface area contributed by atoms with Crippen LogP contribution < -0.4 is 5.32 Å². The predicted molar refractivity (Wildman–Crippen MR) is 87.1 cm³/mol. The molecule has 0 saturated heterocycles. The molecule has 0 atom stereocenters. The van der Waals surface area contributed by atoms with Gasteiger partial charge in [0, 0.05) is 23.3 Å². The maximum absolute atomic E-state index is 12.0. The first-order chi connectivity index (χ1) is 10.1. The van der Waals surface area contributed by atoms with Gasteiger partial charge in [0.05, 0.1) is 5.69 Å². The van der Waals surface area contributed by atoms with Gasteiger partial charge < -0.3 is 5.32 Å². The molecule has 0 heterocycles. The Kier molecular flexibility index (Phi) is 5.17. The van der Waals surface area contributed by atoms with Crippen LogP contribution in [0.5, 0.6) is 0 Å². The molecule has 0 fully saturated rings. The van der Waals surface area contributed by atoms with E-state index in [-0.39, 0.29) is 24.5 Å². The zero-order valence-electron chi connectivity index (χ0n) is 11.8. The molecule has 2 aromatic rings. The van der Waals surface area contributed by atoms with Crippen LogP contribution in [0.1, 0.15) is 28.8 Å². The predicted octanol–water partition coefficient (Wildman–Crippen LogP) is 3.89. The monoisotopic (exact) mass is 299 g/mol. The summed E-state index contributed by atoms with van der Waals surface area (Å²) in [6.45, 7) is 1.97. The number of amides is 1. The third-order valence-corrected chi connectivity index (χ3v) is 3.52. The third-order valence-electron chi connectivity index (χ3n) is 3.13. The fourth-order valence-corrected chi connectivity index (χ4v) is 2.12. The molecular formula is C17H17NO2S. The lowest BCUT2D eigenvalue weighted by Gasteiger charge is -2.07. The zero-order valence-corrected chi connectivity index (χ0v) is 12.7. The summed E-state index contributed by atoms with van der Waals surface area (Å²) < 4.78 is 0. The number of carbonyl (C=O) groups is 2. The molecule has 0 radical (unpaired) electrons. The summed E-state index contributed by atoms with van der Waals surface area (Å²) in [5.74, 6) is -0.207. The molecule has 0 aromatic heterocycles. The minimum atomic E-state index is -0.183. The second kappa shape index (κ2) is 7.09. The molecule has 0 aliphatic rings. The average Bonchev–Trinajstić information content (AvgIpc) is 2.48. The lowest BCUT2D eigenvalue weighted by molar-refractivity contribution is -0.116. The number of Topliss-reactive ketones (excluding diaryl/α,β-unsaturated/α-hetero) is 1. The van der Waals surface area contributed by atoms with Crippen LogP contribution >= 0.6 is 12.6 Å². The summed E-state index contributed by atoms with van der Waals surface area (Å²) in [4.78, 5) is 24.5. The topological polar surface area (TPSA) is 46.2 Å². The number of anilines is 1. The summed E-state index contributed by atoms with van der Waals surface area (Å²) in [5.41, 5.74) is 2.41. The van der Waals surface area contributed by atoms with E-state index < -0.39 is 0 Å². The van der Waals surface area contributed by atoms with Crippen LogP contribution in [0.3, 0.4) is 0 Å². The number of rotatable bonds is 5. The van der Waals surface area contributed by atoms with Crippen LogP contribution in [0, 0.1) is 6.92 Å². The van der Waals surface area contributed by atoms with Gasteiger partial charge in [0.25, 0.3) is 0 Å². The summed E-state index contributed by atoms with van der Waals surface area (Å²) in [6.07, 6.45) is 0.360. The summed E-state index contributed by atoms with van der Waals surface area (Å²) in [7, 11) is 0. The Morgan fingerprint density at radius 2 is 1.67 bits per heavy atom. The van der Waals surface area contributed by atoms with Gasteiger partial charge in [-0.1, -0.05) is 42.0 Å². The van der Waals surface area contributed by atoms with Crippen molar-refractivity contribution in [3.8, 4) is 0 Å². The molecule has 0 bridgehead atoms. The average molecular weight is 299 g/mol. The molecule has 0 aliphatic carbocycles. The van der Waals surface area contributed by atoms with Crippen molar-refractivity contribution >= 4 is 30.0 Å². The van der Waals surface area contributed by atoms with Crippen molar-refractivity contribution in [3.05, 3.63) is 59.7 Å². The van der Waals surface area contributed by atoms with Gasteiger partial charge in [-0.25, -0.2) is 0 Å². The molecule has 0 aliphatic heterocycles. The Balaban J connectivity index is 1.88. The molecule has 3 nitrogen and oxygen atoms in total. The number of nitrogens with one attached hydrogen (secondary N) is 1. The number of aryl methyl sites for hydroxylation is 1. The third kappa shape index (κ3) is 4.46. The summed E-state index contributed by atoms with van der Waals surface area (Å²) in [5, 5.41) is 2.76. The van der Waals surface area contributed by atoms with Crippen LogP contribution in [-0.4, -0.2) is 11.7 Å². The highest BCUT2D eigenvalue weighted by Crippen LogP contribution is 2.19. The van der Waals surface area contributed by atoms with Crippen molar-refractivity contribution in [2.45, 2.75) is 24.7 Å². The van der Waals surface area contributed by atoms with Gasteiger partial charge in [-0.3, -0.25) is 9.59 Å². The molecule has 21 heavy (non-hydrogen) atoms. The molecule has 0 saturated carbocycles. The molecular weight excluding hydrogens is 282 g/mol. The van der Waals surface area contributed by atoms with Crippen LogP contribution in [-0.2, 0) is 4.79 Å². The molecule has 108 valence electrons. The number of carbonyl (C=O) groups excluding carboxylic acids is 2. The smallest absolute Gasteiger partial charge is 0.224 e. The first-order valence-corrected chi connectivity index (χ1v) is 7.18. The van der Waals surface area contributed by atoms with Crippen molar-refractivity contribution in [1.82, 2.24) is 0 Å². The fourth-order valence-electron chi connectivity index (χ4n) is 1.90. The highest BCUT2D eigenvalue weighted by Gasteiger charge is 2.10. The molecule has 1 N–H and O–H groups in total. The Labute approximate surface area is 129 Å². The second-order valence-corrected chi connectivity index (χ2v) is 5.34. The van der Waals surface area contributed by atoms with Gasteiger partial charge in [-0.2, -0.15) is 0 Å². The fraction of sp³-hybridized carbons (Fsp3) is 0.176.